The fourth-order valence-electron chi connectivity index (χ4n) is 3.29. The lowest BCUT2D eigenvalue weighted by Crippen LogP contribution is -2.49. The van der Waals surface area contributed by atoms with Crippen LogP contribution in [0.1, 0.15) is 58.3 Å². The third-order valence-corrected chi connectivity index (χ3v) is 4.73. The van der Waals surface area contributed by atoms with Crippen molar-refractivity contribution in [1.29, 1.82) is 0 Å². The van der Waals surface area contributed by atoms with Gasteiger partial charge in [0.15, 0.2) is 0 Å². The van der Waals surface area contributed by atoms with Gasteiger partial charge in [-0.05, 0) is 47.0 Å². The van der Waals surface area contributed by atoms with Crippen molar-refractivity contribution in [2.75, 3.05) is 13.1 Å². The van der Waals surface area contributed by atoms with Crippen LogP contribution in [0.3, 0.4) is 0 Å². The smallest absolute Gasteiger partial charge is 0.317 e. The van der Waals surface area contributed by atoms with Crippen LogP contribution in [-0.4, -0.2) is 44.9 Å². The first kappa shape index (κ1) is 19.3. The van der Waals surface area contributed by atoms with Crippen LogP contribution >= 0.6 is 0 Å². The predicted octanol–water partition coefficient (Wildman–Crippen LogP) is 2.76. The van der Waals surface area contributed by atoms with E-state index in [2.05, 4.69) is 31.2 Å². The second-order valence-electron chi connectivity index (χ2n) is 8.24. The number of aromatic nitrogens is 2. The van der Waals surface area contributed by atoms with Gasteiger partial charge in [-0.25, -0.2) is 4.79 Å². The molecule has 1 saturated heterocycles. The molecule has 0 aliphatic carbocycles. The maximum absolute atomic E-state index is 12.6. The number of rotatable bonds is 3. The molecule has 2 heterocycles. The van der Waals surface area contributed by atoms with Gasteiger partial charge in [-0.15, -0.1) is 0 Å². The summed E-state index contributed by atoms with van der Waals surface area (Å²) < 4.78 is 1.91. The Morgan fingerprint density at radius 3 is 2.52 bits per heavy atom. The van der Waals surface area contributed by atoms with Gasteiger partial charge in [0.1, 0.15) is 0 Å². The molecule has 7 heteroatoms. The van der Waals surface area contributed by atoms with Gasteiger partial charge in [-0.2, -0.15) is 5.10 Å². The molecule has 7 nitrogen and oxygen atoms in total. The fourth-order valence-corrected chi connectivity index (χ4v) is 3.29. The average Bonchev–Trinajstić information content (AvgIpc) is 2.88. The summed E-state index contributed by atoms with van der Waals surface area (Å²) >= 11 is 0. The van der Waals surface area contributed by atoms with E-state index in [0.717, 1.165) is 11.3 Å². The summed E-state index contributed by atoms with van der Waals surface area (Å²) in [4.78, 5) is 25.5. The van der Waals surface area contributed by atoms with Crippen LogP contribution in [0.25, 0.3) is 0 Å². The molecular formula is C18H30N4O3. The number of carbonyl (C=O) groups is 2. The number of amides is 2. The molecule has 2 rings (SSSR count). The van der Waals surface area contributed by atoms with Crippen LogP contribution in [0.5, 0.6) is 0 Å². The molecule has 0 aromatic carbocycles. The number of nitrogens with zero attached hydrogens (tertiary/aromatic N) is 3. The Balaban J connectivity index is 2.07. The Morgan fingerprint density at radius 1 is 1.36 bits per heavy atom. The highest BCUT2D eigenvalue weighted by Crippen LogP contribution is 2.24. The van der Waals surface area contributed by atoms with E-state index in [0.29, 0.717) is 13.0 Å². The number of aryl methyl sites for hydroxylation is 1. The standard InChI is InChI=1S/C18H30N4O3/c1-11-7-14(16(23)24)9-21(8-11)17(25)19-12(2)15-10-22(18(4,5)6)20-13(15)3/h10-12,14H,7-9H2,1-6H3,(H,19,25)(H,23,24). The zero-order chi connectivity index (χ0) is 18.9. The number of aliphatic carboxylic acids is 1. The predicted molar refractivity (Wildman–Crippen MR) is 95.4 cm³/mol. The second kappa shape index (κ2) is 7.06. The average molecular weight is 350 g/mol. The molecule has 1 fully saturated rings. The number of likely N-dealkylation sites (tertiary alicyclic amines) is 1. The Hall–Kier alpha value is -2.05. The highest BCUT2D eigenvalue weighted by Gasteiger charge is 2.32. The fraction of sp³-hybridized carbons (Fsp3) is 0.722. The van der Waals surface area contributed by atoms with Gasteiger partial charge >= 0.3 is 12.0 Å². The maximum Gasteiger partial charge on any atom is 0.317 e. The number of carboxylic acid groups (broad SMARTS) is 1. The molecule has 0 saturated carbocycles. The van der Waals surface area contributed by atoms with E-state index >= 15 is 0 Å². The van der Waals surface area contributed by atoms with Gasteiger partial charge in [0.05, 0.1) is 23.2 Å². The SMILES string of the molecule is Cc1nn(C(C)(C)C)cc1C(C)NC(=O)N1CC(C)CC(C(=O)O)C1. The number of carboxylic acids is 1. The molecule has 2 N–H and O–H groups in total. The van der Waals surface area contributed by atoms with E-state index in [4.69, 9.17) is 0 Å². The lowest BCUT2D eigenvalue weighted by Gasteiger charge is -2.35. The number of carbonyl (C=O) groups excluding carboxylic acids is 1. The Morgan fingerprint density at radius 2 is 2.00 bits per heavy atom. The van der Waals surface area contributed by atoms with Crippen LogP contribution in [0.15, 0.2) is 6.20 Å². The van der Waals surface area contributed by atoms with E-state index in [-0.39, 0.29) is 30.1 Å². The van der Waals surface area contributed by atoms with Crippen molar-refractivity contribution in [3.63, 3.8) is 0 Å². The van der Waals surface area contributed by atoms with Crippen molar-refractivity contribution >= 4 is 12.0 Å². The van der Waals surface area contributed by atoms with Gasteiger partial charge in [-0.1, -0.05) is 6.92 Å². The first-order valence-electron chi connectivity index (χ1n) is 8.84. The molecule has 1 aliphatic heterocycles. The van der Waals surface area contributed by atoms with Crippen molar-refractivity contribution in [2.24, 2.45) is 11.8 Å². The van der Waals surface area contributed by atoms with Crippen molar-refractivity contribution in [3.8, 4) is 0 Å². The third kappa shape index (κ3) is 4.52. The van der Waals surface area contributed by atoms with Crippen LogP contribution < -0.4 is 5.32 Å². The topological polar surface area (TPSA) is 87.5 Å². The summed E-state index contributed by atoms with van der Waals surface area (Å²) in [5.74, 6) is -1.14. The number of hydrogen-bond donors (Lipinski definition) is 2. The number of hydrogen-bond acceptors (Lipinski definition) is 3. The van der Waals surface area contributed by atoms with Gasteiger partial charge in [0.25, 0.3) is 0 Å². The van der Waals surface area contributed by atoms with Gasteiger partial charge < -0.3 is 15.3 Å². The minimum Gasteiger partial charge on any atom is -0.481 e. The van der Waals surface area contributed by atoms with E-state index in [9.17, 15) is 14.7 Å². The van der Waals surface area contributed by atoms with Crippen LogP contribution in [0.4, 0.5) is 4.79 Å². The number of urea groups is 1. The Labute approximate surface area is 149 Å². The maximum atomic E-state index is 12.6. The molecule has 0 radical (unpaired) electrons. The van der Waals surface area contributed by atoms with Crippen molar-refractivity contribution < 1.29 is 14.7 Å². The minimum atomic E-state index is -0.834. The summed E-state index contributed by atoms with van der Waals surface area (Å²) in [6.45, 7) is 12.9. The Kier molecular flexibility index (Phi) is 5.44. The van der Waals surface area contributed by atoms with Gasteiger partial charge in [-0.3, -0.25) is 9.48 Å². The molecule has 25 heavy (non-hydrogen) atoms. The first-order valence-corrected chi connectivity index (χ1v) is 8.84. The van der Waals surface area contributed by atoms with Crippen molar-refractivity contribution in [2.45, 2.75) is 59.5 Å². The summed E-state index contributed by atoms with van der Waals surface area (Å²) in [6, 6.07) is -0.405. The van der Waals surface area contributed by atoms with Crippen LogP contribution in [0.2, 0.25) is 0 Å². The number of nitrogens with one attached hydrogen (secondary N) is 1. The monoisotopic (exact) mass is 350 g/mol. The van der Waals surface area contributed by atoms with Crippen molar-refractivity contribution in [3.05, 3.63) is 17.5 Å². The van der Waals surface area contributed by atoms with Gasteiger partial charge in [0, 0.05) is 24.8 Å². The highest BCUT2D eigenvalue weighted by atomic mass is 16.4. The quantitative estimate of drug-likeness (QED) is 0.877. The molecule has 0 bridgehead atoms. The zero-order valence-electron chi connectivity index (χ0n) is 16.0. The lowest BCUT2D eigenvalue weighted by atomic mass is 9.91. The molecule has 140 valence electrons. The summed E-state index contributed by atoms with van der Waals surface area (Å²) in [5.41, 5.74) is 1.74. The van der Waals surface area contributed by atoms with Crippen molar-refractivity contribution in [1.82, 2.24) is 20.0 Å². The van der Waals surface area contributed by atoms with E-state index in [1.807, 2.05) is 31.6 Å². The summed E-state index contributed by atoms with van der Waals surface area (Å²) in [7, 11) is 0. The van der Waals surface area contributed by atoms with E-state index in [1.165, 1.54) is 0 Å². The molecule has 0 spiro atoms. The largest absolute Gasteiger partial charge is 0.481 e. The molecule has 3 atom stereocenters. The highest BCUT2D eigenvalue weighted by molar-refractivity contribution is 5.77. The minimum absolute atomic E-state index is 0.121. The molecule has 3 unspecified atom stereocenters. The first-order chi connectivity index (χ1) is 11.5. The lowest BCUT2D eigenvalue weighted by molar-refractivity contribution is -0.143. The van der Waals surface area contributed by atoms with Gasteiger partial charge in [0.2, 0.25) is 0 Å². The van der Waals surface area contributed by atoms with E-state index in [1.54, 1.807) is 4.90 Å². The van der Waals surface area contributed by atoms with Crippen LogP contribution in [-0.2, 0) is 10.3 Å². The number of piperidine rings is 1. The summed E-state index contributed by atoms with van der Waals surface area (Å²) in [6.07, 6.45) is 2.59. The molecule has 1 aromatic heterocycles. The zero-order valence-corrected chi connectivity index (χ0v) is 16.0. The molecule has 1 aliphatic rings. The van der Waals surface area contributed by atoms with Crippen LogP contribution in [0, 0.1) is 18.8 Å². The summed E-state index contributed by atoms with van der Waals surface area (Å²) in [5, 5.41) is 16.8. The Bertz CT molecular complexity index is 647. The molecule has 1 aromatic rings. The normalized spacial score (nSPS) is 22.6. The molecular weight excluding hydrogens is 320 g/mol. The molecule has 2 amide bonds. The third-order valence-electron chi connectivity index (χ3n) is 4.73. The second-order valence-corrected chi connectivity index (χ2v) is 8.24. The van der Waals surface area contributed by atoms with E-state index < -0.39 is 11.9 Å².